The number of rotatable bonds is 3. The smallest absolute Gasteiger partial charge is 0.354 e. The summed E-state index contributed by atoms with van der Waals surface area (Å²) in [5.41, 5.74) is 1.79. The third-order valence-electron chi connectivity index (χ3n) is 2.12. The number of pyridine rings is 1. The third kappa shape index (κ3) is 3.04. The maximum absolute atomic E-state index is 10.8. The van der Waals surface area contributed by atoms with Gasteiger partial charge in [0, 0.05) is 22.5 Å². The molecule has 0 bridgehead atoms. The predicted octanol–water partition coefficient (Wildman–Crippen LogP) is 2.34. The van der Waals surface area contributed by atoms with Gasteiger partial charge in [0.1, 0.15) is 5.69 Å². The van der Waals surface area contributed by atoms with E-state index in [2.05, 4.69) is 15.0 Å². The third-order valence-corrected chi connectivity index (χ3v) is 2.98. The largest absolute Gasteiger partial charge is 0.477 e. The molecule has 0 saturated heterocycles. The number of hydrogen-bond donors (Lipinski definition) is 1. The van der Waals surface area contributed by atoms with Crippen molar-refractivity contribution in [1.29, 1.82) is 0 Å². The zero-order chi connectivity index (χ0) is 13.1. The van der Waals surface area contributed by atoms with Gasteiger partial charge in [-0.2, -0.15) is 0 Å². The minimum atomic E-state index is -1.04. The highest BCUT2D eigenvalue weighted by Gasteiger charge is 2.07. The maximum atomic E-state index is 10.8. The summed E-state index contributed by atoms with van der Waals surface area (Å²) in [4.78, 5) is 23.9. The number of carbonyl (C=O) groups is 1. The van der Waals surface area contributed by atoms with Crippen LogP contribution in [0.2, 0.25) is 0 Å². The topological polar surface area (TPSA) is 76.0 Å². The van der Waals surface area contributed by atoms with Gasteiger partial charge in [-0.05, 0) is 43.8 Å². The van der Waals surface area contributed by atoms with Gasteiger partial charge in [0.15, 0.2) is 5.16 Å². The van der Waals surface area contributed by atoms with Crippen molar-refractivity contribution in [1.82, 2.24) is 15.0 Å². The Morgan fingerprint density at radius 2 is 1.89 bits per heavy atom. The summed E-state index contributed by atoms with van der Waals surface area (Å²) >= 11 is 1.32. The Morgan fingerprint density at radius 1 is 1.22 bits per heavy atom. The highest BCUT2D eigenvalue weighted by atomic mass is 32.2. The average molecular weight is 261 g/mol. The molecular formula is C12H11N3O2S. The molecule has 0 saturated carbocycles. The molecule has 0 amide bonds. The van der Waals surface area contributed by atoms with Crippen LogP contribution in [0.3, 0.4) is 0 Å². The van der Waals surface area contributed by atoms with Crippen molar-refractivity contribution in [3.8, 4) is 0 Å². The molecule has 2 heterocycles. The van der Waals surface area contributed by atoms with Crippen molar-refractivity contribution in [3.63, 3.8) is 0 Å². The molecule has 2 rings (SSSR count). The van der Waals surface area contributed by atoms with Crippen LogP contribution in [0.1, 0.15) is 21.9 Å². The molecule has 0 aliphatic carbocycles. The molecule has 0 spiro atoms. The van der Waals surface area contributed by atoms with E-state index in [0.29, 0.717) is 5.16 Å². The summed E-state index contributed by atoms with van der Waals surface area (Å²) in [5, 5.41) is 9.47. The van der Waals surface area contributed by atoms with E-state index in [-0.39, 0.29) is 5.69 Å². The van der Waals surface area contributed by atoms with Crippen LogP contribution in [0, 0.1) is 13.8 Å². The fraction of sp³-hybridized carbons (Fsp3) is 0.167. The summed E-state index contributed by atoms with van der Waals surface area (Å²) in [7, 11) is 0. The van der Waals surface area contributed by atoms with Crippen LogP contribution < -0.4 is 0 Å². The highest BCUT2D eigenvalue weighted by molar-refractivity contribution is 7.99. The van der Waals surface area contributed by atoms with E-state index in [1.165, 1.54) is 24.0 Å². The van der Waals surface area contributed by atoms with Crippen molar-refractivity contribution in [2.75, 3.05) is 0 Å². The zero-order valence-corrected chi connectivity index (χ0v) is 10.7. The van der Waals surface area contributed by atoms with Gasteiger partial charge in [-0.1, -0.05) is 0 Å². The summed E-state index contributed by atoms with van der Waals surface area (Å²) in [5.74, 6) is -1.04. The number of aromatic nitrogens is 3. The Balaban J connectivity index is 2.28. The molecule has 0 radical (unpaired) electrons. The van der Waals surface area contributed by atoms with E-state index in [9.17, 15) is 4.79 Å². The molecule has 2 aromatic heterocycles. The molecule has 6 heteroatoms. The van der Waals surface area contributed by atoms with Crippen LogP contribution in [0.4, 0.5) is 0 Å². The number of aromatic carboxylic acids is 1. The van der Waals surface area contributed by atoms with Crippen molar-refractivity contribution in [2.45, 2.75) is 23.9 Å². The monoisotopic (exact) mass is 261 g/mol. The van der Waals surface area contributed by atoms with E-state index in [1.54, 1.807) is 6.07 Å². The van der Waals surface area contributed by atoms with E-state index >= 15 is 0 Å². The highest BCUT2D eigenvalue weighted by Crippen LogP contribution is 2.24. The molecule has 0 atom stereocenters. The average Bonchev–Trinajstić information content (AvgIpc) is 2.27. The van der Waals surface area contributed by atoms with Crippen LogP contribution in [-0.2, 0) is 0 Å². The normalized spacial score (nSPS) is 10.3. The summed E-state index contributed by atoms with van der Waals surface area (Å²) in [6.45, 7) is 3.79. The Morgan fingerprint density at radius 3 is 2.50 bits per heavy atom. The summed E-state index contributed by atoms with van der Waals surface area (Å²) in [6, 6.07) is 5.13. The standard InChI is InChI=1S/C12H11N3O2S/c1-7-5-8(2)15-12(14-7)18-9-3-4-13-10(6-9)11(16)17/h3-6H,1-2H3,(H,16,17). The van der Waals surface area contributed by atoms with Crippen LogP contribution in [-0.4, -0.2) is 26.0 Å². The number of nitrogens with zero attached hydrogens (tertiary/aromatic N) is 3. The molecule has 5 nitrogen and oxygen atoms in total. The minimum absolute atomic E-state index is 0.0179. The molecule has 18 heavy (non-hydrogen) atoms. The van der Waals surface area contributed by atoms with E-state index < -0.39 is 5.97 Å². The molecule has 0 aromatic carbocycles. The Labute approximate surface area is 108 Å². The first-order valence-corrected chi connectivity index (χ1v) is 6.06. The van der Waals surface area contributed by atoms with Crippen molar-refractivity contribution < 1.29 is 9.90 Å². The fourth-order valence-electron chi connectivity index (χ4n) is 1.44. The zero-order valence-electron chi connectivity index (χ0n) is 9.91. The van der Waals surface area contributed by atoms with Crippen LogP contribution in [0.25, 0.3) is 0 Å². The Kier molecular flexibility index (Phi) is 3.57. The minimum Gasteiger partial charge on any atom is -0.477 e. The van der Waals surface area contributed by atoms with Gasteiger partial charge in [-0.25, -0.2) is 19.7 Å². The van der Waals surface area contributed by atoms with E-state index in [0.717, 1.165) is 16.3 Å². The lowest BCUT2D eigenvalue weighted by Gasteiger charge is -2.03. The predicted molar refractivity (Wildman–Crippen MR) is 66.8 cm³/mol. The fourth-order valence-corrected chi connectivity index (χ4v) is 2.33. The molecule has 0 aliphatic heterocycles. The SMILES string of the molecule is Cc1cc(C)nc(Sc2ccnc(C(=O)O)c2)n1. The van der Waals surface area contributed by atoms with Crippen molar-refractivity contribution >= 4 is 17.7 Å². The number of aryl methyl sites for hydroxylation is 2. The maximum Gasteiger partial charge on any atom is 0.354 e. The first-order chi connectivity index (χ1) is 8.54. The first kappa shape index (κ1) is 12.5. The van der Waals surface area contributed by atoms with Gasteiger partial charge in [0.05, 0.1) is 0 Å². The van der Waals surface area contributed by atoms with E-state index in [4.69, 9.17) is 5.11 Å². The summed E-state index contributed by atoms with van der Waals surface area (Å²) < 4.78 is 0. The van der Waals surface area contributed by atoms with Crippen molar-refractivity contribution in [3.05, 3.63) is 41.5 Å². The van der Waals surface area contributed by atoms with Crippen molar-refractivity contribution in [2.24, 2.45) is 0 Å². The molecule has 1 N–H and O–H groups in total. The van der Waals surface area contributed by atoms with Gasteiger partial charge in [-0.15, -0.1) is 0 Å². The second-order valence-corrected chi connectivity index (χ2v) is 4.76. The number of carboxylic acid groups (broad SMARTS) is 1. The molecule has 0 unspecified atom stereocenters. The molecule has 0 aliphatic rings. The van der Waals surface area contributed by atoms with Gasteiger partial charge in [0.2, 0.25) is 0 Å². The second kappa shape index (κ2) is 5.14. The number of carboxylic acids is 1. The first-order valence-electron chi connectivity index (χ1n) is 5.24. The van der Waals surface area contributed by atoms with E-state index in [1.807, 2.05) is 19.9 Å². The van der Waals surface area contributed by atoms with Gasteiger partial charge in [0.25, 0.3) is 0 Å². The van der Waals surface area contributed by atoms with Crippen LogP contribution in [0.5, 0.6) is 0 Å². The van der Waals surface area contributed by atoms with Gasteiger partial charge < -0.3 is 5.11 Å². The number of hydrogen-bond acceptors (Lipinski definition) is 5. The quantitative estimate of drug-likeness (QED) is 0.855. The Bertz CT molecular complexity index is 581. The molecule has 92 valence electrons. The van der Waals surface area contributed by atoms with Crippen LogP contribution in [0.15, 0.2) is 34.4 Å². The van der Waals surface area contributed by atoms with Crippen LogP contribution >= 0.6 is 11.8 Å². The lowest BCUT2D eigenvalue weighted by molar-refractivity contribution is 0.0690. The van der Waals surface area contributed by atoms with Gasteiger partial charge >= 0.3 is 5.97 Å². The molecule has 0 fully saturated rings. The lowest BCUT2D eigenvalue weighted by atomic mass is 10.3. The summed E-state index contributed by atoms with van der Waals surface area (Å²) in [6.07, 6.45) is 1.47. The van der Waals surface area contributed by atoms with Gasteiger partial charge in [-0.3, -0.25) is 0 Å². The molecule has 2 aromatic rings. The molecular weight excluding hydrogens is 250 g/mol. The lowest BCUT2D eigenvalue weighted by Crippen LogP contribution is -1.99. The second-order valence-electron chi connectivity index (χ2n) is 3.72. The Hall–Kier alpha value is -1.95.